The zero-order chi connectivity index (χ0) is 9.68. The van der Waals surface area contributed by atoms with E-state index in [1.54, 1.807) is 12.1 Å². The SMILES string of the molecule is O=C(OCCBr)c1ccccc1Br. The Bertz CT molecular complexity index is 299. The van der Waals surface area contributed by atoms with Crippen LogP contribution >= 0.6 is 31.9 Å². The lowest BCUT2D eigenvalue weighted by Gasteiger charge is -2.03. The highest BCUT2D eigenvalue weighted by Crippen LogP contribution is 2.16. The first-order chi connectivity index (χ1) is 6.25. The number of esters is 1. The van der Waals surface area contributed by atoms with Gasteiger partial charge in [0.25, 0.3) is 0 Å². The number of alkyl halides is 1. The molecule has 0 fully saturated rings. The molecule has 0 saturated carbocycles. The van der Waals surface area contributed by atoms with Crippen LogP contribution in [0.15, 0.2) is 28.7 Å². The Balaban J connectivity index is 2.71. The minimum atomic E-state index is -0.299. The molecule has 70 valence electrons. The number of halogens is 2. The van der Waals surface area contributed by atoms with E-state index < -0.39 is 0 Å². The summed E-state index contributed by atoms with van der Waals surface area (Å²) in [6.45, 7) is 0.389. The monoisotopic (exact) mass is 306 g/mol. The van der Waals surface area contributed by atoms with E-state index in [-0.39, 0.29) is 5.97 Å². The normalized spacial score (nSPS) is 9.69. The topological polar surface area (TPSA) is 26.3 Å². The molecule has 0 aliphatic rings. The lowest BCUT2D eigenvalue weighted by molar-refractivity contribution is 0.0530. The second-order valence-corrected chi connectivity index (χ2v) is 3.95. The zero-order valence-electron chi connectivity index (χ0n) is 6.80. The average molecular weight is 308 g/mol. The molecular weight excluding hydrogens is 300 g/mol. The number of carbonyl (C=O) groups excluding carboxylic acids is 1. The highest BCUT2D eigenvalue weighted by molar-refractivity contribution is 9.10. The molecule has 0 atom stereocenters. The summed E-state index contributed by atoms with van der Waals surface area (Å²) in [5.74, 6) is -0.299. The van der Waals surface area contributed by atoms with Crippen LogP contribution < -0.4 is 0 Å². The van der Waals surface area contributed by atoms with E-state index in [1.165, 1.54) is 0 Å². The lowest BCUT2D eigenvalue weighted by atomic mass is 10.2. The van der Waals surface area contributed by atoms with Gasteiger partial charge in [0.1, 0.15) is 6.61 Å². The number of rotatable bonds is 3. The van der Waals surface area contributed by atoms with Gasteiger partial charge in [0, 0.05) is 9.80 Å². The summed E-state index contributed by atoms with van der Waals surface area (Å²) in [6, 6.07) is 7.19. The van der Waals surface area contributed by atoms with E-state index in [2.05, 4.69) is 31.9 Å². The maximum atomic E-state index is 11.4. The van der Waals surface area contributed by atoms with Crippen molar-refractivity contribution in [2.24, 2.45) is 0 Å². The third-order valence-corrected chi connectivity index (χ3v) is 2.42. The molecule has 0 bridgehead atoms. The van der Waals surface area contributed by atoms with E-state index in [4.69, 9.17) is 4.74 Å². The lowest BCUT2D eigenvalue weighted by Crippen LogP contribution is -2.07. The fourth-order valence-corrected chi connectivity index (χ4v) is 1.44. The van der Waals surface area contributed by atoms with Crippen LogP contribution in [0.25, 0.3) is 0 Å². The van der Waals surface area contributed by atoms with Gasteiger partial charge in [-0.15, -0.1) is 0 Å². The molecule has 0 N–H and O–H groups in total. The third-order valence-electron chi connectivity index (χ3n) is 1.40. The summed E-state index contributed by atoms with van der Waals surface area (Å²) in [5.41, 5.74) is 0.559. The van der Waals surface area contributed by atoms with Crippen molar-refractivity contribution < 1.29 is 9.53 Å². The van der Waals surface area contributed by atoms with E-state index in [1.807, 2.05) is 12.1 Å². The third kappa shape index (κ3) is 3.12. The van der Waals surface area contributed by atoms with Gasteiger partial charge >= 0.3 is 5.97 Å². The quantitative estimate of drug-likeness (QED) is 0.634. The smallest absolute Gasteiger partial charge is 0.339 e. The molecule has 1 aromatic rings. The fourth-order valence-electron chi connectivity index (χ4n) is 0.836. The summed E-state index contributed by atoms with van der Waals surface area (Å²) in [5, 5.41) is 0.656. The van der Waals surface area contributed by atoms with Gasteiger partial charge in [-0.25, -0.2) is 4.79 Å². The average Bonchev–Trinajstić information content (AvgIpc) is 2.15. The fraction of sp³-hybridized carbons (Fsp3) is 0.222. The maximum Gasteiger partial charge on any atom is 0.339 e. The van der Waals surface area contributed by atoms with Crippen LogP contribution in [0.1, 0.15) is 10.4 Å². The van der Waals surface area contributed by atoms with Gasteiger partial charge in [0.15, 0.2) is 0 Å². The molecular formula is C9H8Br2O2. The van der Waals surface area contributed by atoms with Crippen molar-refractivity contribution in [3.8, 4) is 0 Å². The first-order valence-electron chi connectivity index (χ1n) is 3.73. The van der Waals surface area contributed by atoms with Crippen LogP contribution in [0.2, 0.25) is 0 Å². The van der Waals surface area contributed by atoms with Gasteiger partial charge in [-0.2, -0.15) is 0 Å². The van der Waals surface area contributed by atoms with Crippen LogP contribution in [-0.2, 0) is 4.74 Å². The highest BCUT2D eigenvalue weighted by atomic mass is 79.9. The van der Waals surface area contributed by atoms with E-state index in [0.29, 0.717) is 17.5 Å². The molecule has 0 heterocycles. The van der Waals surface area contributed by atoms with Crippen LogP contribution in [0.3, 0.4) is 0 Å². The molecule has 2 nitrogen and oxygen atoms in total. The molecule has 0 aromatic heterocycles. The Morgan fingerprint density at radius 2 is 2.08 bits per heavy atom. The maximum absolute atomic E-state index is 11.4. The van der Waals surface area contributed by atoms with E-state index in [9.17, 15) is 4.79 Å². The number of carbonyl (C=O) groups is 1. The van der Waals surface area contributed by atoms with E-state index >= 15 is 0 Å². The standard InChI is InChI=1S/C9H8Br2O2/c10-5-6-13-9(12)7-3-1-2-4-8(7)11/h1-4H,5-6H2. The molecule has 0 aliphatic carbocycles. The van der Waals surface area contributed by atoms with Crippen LogP contribution in [0, 0.1) is 0 Å². The Hall–Kier alpha value is -0.350. The van der Waals surface area contributed by atoms with Gasteiger partial charge in [0.05, 0.1) is 5.56 Å². The zero-order valence-corrected chi connectivity index (χ0v) is 9.97. The molecule has 13 heavy (non-hydrogen) atoms. The summed E-state index contributed by atoms with van der Waals surface area (Å²) in [4.78, 5) is 11.4. The first kappa shape index (κ1) is 10.7. The van der Waals surface area contributed by atoms with Crippen molar-refractivity contribution in [2.75, 3.05) is 11.9 Å². The molecule has 0 saturated heterocycles. The molecule has 1 aromatic carbocycles. The first-order valence-corrected chi connectivity index (χ1v) is 5.64. The number of hydrogen-bond acceptors (Lipinski definition) is 2. The minimum absolute atomic E-state index is 0.299. The van der Waals surface area contributed by atoms with Gasteiger partial charge in [0.2, 0.25) is 0 Å². The second kappa shape index (κ2) is 5.40. The second-order valence-electron chi connectivity index (χ2n) is 2.30. The van der Waals surface area contributed by atoms with Gasteiger partial charge < -0.3 is 4.74 Å². The Morgan fingerprint density at radius 1 is 1.38 bits per heavy atom. The molecule has 0 amide bonds. The molecule has 4 heteroatoms. The van der Waals surface area contributed by atoms with Crippen molar-refractivity contribution >= 4 is 37.8 Å². The Labute approximate surface area is 93.5 Å². The summed E-state index contributed by atoms with van der Waals surface area (Å²) in [7, 11) is 0. The van der Waals surface area contributed by atoms with Crippen molar-refractivity contribution in [1.29, 1.82) is 0 Å². The number of hydrogen-bond donors (Lipinski definition) is 0. The van der Waals surface area contributed by atoms with Crippen molar-refractivity contribution in [2.45, 2.75) is 0 Å². The van der Waals surface area contributed by atoms with Gasteiger partial charge in [-0.05, 0) is 28.1 Å². The predicted octanol–water partition coefficient (Wildman–Crippen LogP) is 3.00. The molecule has 0 spiro atoms. The Kier molecular flexibility index (Phi) is 4.45. The molecule has 0 radical (unpaired) electrons. The number of benzene rings is 1. The van der Waals surface area contributed by atoms with Crippen molar-refractivity contribution in [3.05, 3.63) is 34.3 Å². The molecule has 0 aliphatic heterocycles. The summed E-state index contributed by atoms with van der Waals surface area (Å²) < 4.78 is 5.70. The van der Waals surface area contributed by atoms with Crippen molar-refractivity contribution in [1.82, 2.24) is 0 Å². The van der Waals surface area contributed by atoms with Crippen molar-refractivity contribution in [3.63, 3.8) is 0 Å². The van der Waals surface area contributed by atoms with Crippen LogP contribution in [0.5, 0.6) is 0 Å². The molecule has 1 rings (SSSR count). The summed E-state index contributed by atoms with van der Waals surface area (Å²) in [6.07, 6.45) is 0. The van der Waals surface area contributed by atoms with Gasteiger partial charge in [-0.3, -0.25) is 0 Å². The largest absolute Gasteiger partial charge is 0.461 e. The Morgan fingerprint density at radius 3 is 2.69 bits per heavy atom. The number of ether oxygens (including phenoxy) is 1. The summed E-state index contributed by atoms with van der Waals surface area (Å²) >= 11 is 6.46. The predicted molar refractivity (Wildman–Crippen MR) is 58.2 cm³/mol. The highest BCUT2D eigenvalue weighted by Gasteiger charge is 2.09. The van der Waals surface area contributed by atoms with Gasteiger partial charge in [-0.1, -0.05) is 28.1 Å². The minimum Gasteiger partial charge on any atom is -0.461 e. The van der Waals surface area contributed by atoms with E-state index in [0.717, 1.165) is 4.47 Å². The van der Waals surface area contributed by atoms with Crippen LogP contribution in [0.4, 0.5) is 0 Å². The van der Waals surface area contributed by atoms with Crippen LogP contribution in [-0.4, -0.2) is 17.9 Å². The molecule has 0 unspecified atom stereocenters.